The summed E-state index contributed by atoms with van der Waals surface area (Å²) in [6, 6.07) is 10.3. The highest BCUT2D eigenvalue weighted by Crippen LogP contribution is 2.16. The Kier molecular flexibility index (Phi) is 3.31. The monoisotopic (exact) mass is 255 g/mol. The van der Waals surface area contributed by atoms with Crippen LogP contribution in [0.4, 0.5) is 0 Å². The van der Waals surface area contributed by atoms with Gasteiger partial charge in [0.25, 0.3) is 0 Å². The van der Waals surface area contributed by atoms with Crippen molar-refractivity contribution in [3.05, 3.63) is 53.3 Å². The molecule has 0 unspecified atom stereocenters. The van der Waals surface area contributed by atoms with Gasteiger partial charge in [-0.05, 0) is 30.0 Å². The zero-order valence-electron chi connectivity index (χ0n) is 10.8. The molecule has 0 saturated heterocycles. The van der Waals surface area contributed by atoms with Gasteiger partial charge in [-0.15, -0.1) is 0 Å². The van der Waals surface area contributed by atoms with Crippen molar-refractivity contribution in [3.8, 4) is 0 Å². The molecule has 2 aromatic rings. The maximum atomic E-state index is 12.2. The molecule has 1 amide bonds. The Labute approximate surface area is 112 Å². The van der Waals surface area contributed by atoms with E-state index in [4.69, 9.17) is 0 Å². The summed E-state index contributed by atoms with van der Waals surface area (Å²) in [6.07, 6.45) is 3.99. The summed E-state index contributed by atoms with van der Waals surface area (Å²) in [6.45, 7) is 1.62. The lowest BCUT2D eigenvalue weighted by Crippen LogP contribution is -2.34. The molecule has 0 saturated carbocycles. The van der Waals surface area contributed by atoms with Crippen LogP contribution in [0.25, 0.3) is 0 Å². The fourth-order valence-electron chi connectivity index (χ4n) is 2.58. The summed E-state index contributed by atoms with van der Waals surface area (Å²) in [5, 5.41) is 6.72. The second-order valence-electron chi connectivity index (χ2n) is 4.91. The van der Waals surface area contributed by atoms with E-state index >= 15 is 0 Å². The van der Waals surface area contributed by atoms with Crippen molar-refractivity contribution in [2.75, 3.05) is 13.1 Å². The largest absolute Gasteiger partial charge is 0.342 e. The maximum Gasteiger partial charge on any atom is 0.228 e. The lowest BCUT2D eigenvalue weighted by Gasteiger charge is -2.19. The molecule has 1 aliphatic heterocycles. The average molecular weight is 255 g/mol. The van der Waals surface area contributed by atoms with Gasteiger partial charge in [0.15, 0.2) is 0 Å². The van der Waals surface area contributed by atoms with Gasteiger partial charge in [0.05, 0.1) is 6.42 Å². The van der Waals surface area contributed by atoms with E-state index in [9.17, 15) is 4.79 Å². The van der Waals surface area contributed by atoms with Gasteiger partial charge in [0.2, 0.25) is 5.91 Å². The number of rotatable bonds is 2. The van der Waals surface area contributed by atoms with Crippen molar-refractivity contribution in [3.63, 3.8) is 0 Å². The third kappa shape index (κ3) is 2.67. The number of nitrogens with one attached hydrogen (secondary N) is 1. The normalized spacial score (nSPS) is 14.8. The predicted octanol–water partition coefficient (Wildman–Crippen LogP) is 1.58. The minimum absolute atomic E-state index is 0.178. The van der Waals surface area contributed by atoms with Gasteiger partial charge in [0.1, 0.15) is 0 Å². The van der Waals surface area contributed by atoms with Crippen LogP contribution in [0.5, 0.6) is 0 Å². The zero-order chi connectivity index (χ0) is 13.1. The number of H-pyrrole nitrogens is 1. The van der Waals surface area contributed by atoms with Crippen LogP contribution in [-0.2, 0) is 24.1 Å². The highest BCUT2D eigenvalue weighted by molar-refractivity contribution is 5.78. The topological polar surface area (TPSA) is 49.0 Å². The first-order valence-electron chi connectivity index (χ1n) is 6.66. The maximum absolute atomic E-state index is 12.2. The first-order valence-corrected chi connectivity index (χ1v) is 6.66. The second kappa shape index (κ2) is 5.26. The molecule has 4 nitrogen and oxygen atoms in total. The van der Waals surface area contributed by atoms with Crippen LogP contribution < -0.4 is 0 Å². The number of hydrogen-bond donors (Lipinski definition) is 1. The molecular weight excluding hydrogens is 238 g/mol. The van der Waals surface area contributed by atoms with Gasteiger partial charge < -0.3 is 4.90 Å². The quantitative estimate of drug-likeness (QED) is 0.885. The molecule has 1 N–H and O–H groups in total. The number of carbonyl (C=O) groups is 1. The number of nitrogens with zero attached hydrogens (tertiary/aromatic N) is 2. The SMILES string of the molecule is O=C(Cc1ccn[nH]1)N1CCc2ccccc2CC1. The van der Waals surface area contributed by atoms with Crippen LogP contribution in [0.3, 0.4) is 0 Å². The summed E-state index contributed by atoms with van der Waals surface area (Å²) >= 11 is 0. The van der Waals surface area contributed by atoms with Gasteiger partial charge in [-0.25, -0.2) is 0 Å². The smallest absolute Gasteiger partial charge is 0.228 e. The average Bonchev–Trinajstić information content (AvgIpc) is 2.83. The molecule has 0 radical (unpaired) electrons. The zero-order valence-corrected chi connectivity index (χ0v) is 10.8. The van der Waals surface area contributed by atoms with Gasteiger partial charge >= 0.3 is 0 Å². The summed E-state index contributed by atoms with van der Waals surface area (Å²) in [7, 11) is 0. The number of carbonyl (C=O) groups excluding carboxylic acids is 1. The highest BCUT2D eigenvalue weighted by Gasteiger charge is 2.18. The Morgan fingerprint density at radius 3 is 2.42 bits per heavy atom. The Bertz CT molecular complexity index is 536. The lowest BCUT2D eigenvalue weighted by molar-refractivity contribution is -0.130. The first-order chi connectivity index (χ1) is 9.33. The van der Waals surface area contributed by atoms with Crippen LogP contribution in [0.15, 0.2) is 36.5 Å². The third-order valence-electron chi connectivity index (χ3n) is 3.67. The molecule has 0 aliphatic carbocycles. The molecule has 1 aromatic carbocycles. The van der Waals surface area contributed by atoms with Gasteiger partial charge in [-0.1, -0.05) is 24.3 Å². The van der Waals surface area contributed by atoms with E-state index in [1.807, 2.05) is 11.0 Å². The third-order valence-corrected chi connectivity index (χ3v) is 3.67. The van der Waals surface area contributed by atoms with E-state index < -0.39 is 0 Å². The number of fused-ring (bicyclic) bond motifs is 1. The molecule has 0 spiro atoms. The summed E-state index contributed by atoms with van der Waals surface area (Å²) < 4.78 is 0. The molecule has 98 valence electrons. The van der Waals surface area contributed by atoms with E-state index in [0.29, 0.717) is 6.42 Å². The highest BCUT2D eigenvalue weighted by atomic mass is 16.2. The van der Waals surface area contributed by atoms with E-state index in [1.165, 1.54) is 11.1 Å². The Morgan fingerprint density at radius 1 is 1.16 bits per heavy atom. The molecule has 0 fully saturated rings. The van der Waals surface area contributed by atoms with Crippen LogP contribution in [-0.4, -0.2) is 34.1 Å². The molecular formula is C15H17N3O. The molecule has 1 aliphatic rings. The van der Waals surface area contributed by atoms with Crippen molar-refractivity contribution in [2.45, 2.75) is 19.3 Å². The number of aromatic amines is 1. The predicted molar refractivity (Wildman–Crippen MR) is 72.7 cm³/mol. The first kappa shape index (κ1) is 12.0. The van der Waals surface area contributed by atoms with Gasteiger partial charge in [-0.2, -0.15) is 5.10 Å². The molecule has 3 rings (SSSR count). The summed E-state index contributed by atoms with van der Waals surface area (Å²) in [5.74, 6) is 0.178. The Balaban J connectivity index is 1.66. The van der Waals surface area contributed by atoms with Crippen LogP contribution in [0.2, 0.25) is 0 Å². The van der Waals surface area contributed by atoms with Gasteiger partial charge in [-0.3, -0.25) is 9.89 Å². The standard InChI is InChI=1S/C15H17N3O/c19-15(11-14-5-8-16-17-14)18-9-6-12-3-1-2-4-13(12)7-10-18/h1-5,8H,6-7,9-11H2,(H,16,17). The van der Waals surface area contributed by atoms with Crippen LogP contribution in [0, 0.1) is 0 Å². The Morgan fingerprint density at radius 2 is 1.84 bits per heavy atom. The minimum Gasteiger partial charge on any atom is -0.342 e. The fourth-order valence-corrected chi connectivity index (χ4v) is 2.58. The van der Waals surface area contributed by atoms with Crippen LogP contribution >= 0.6 is 0 Å². The number of hydrogen-bond acceptors (Lipinski definition) is 2. The molecule has 0 bridgehead atoms. The van der Waals surface area contributed by atoms with Crippen molar-refractivity contribution in [1.82, 2.24) is 15.1 Å². The minimum atomic E-state index is 0.178. The van der Waals surface area contributed by atoms with Crippen molar-refractivity contribution in [1.29, 1.82) is 0 Å². The molecule has 0 atom stereocenters. The molecule has 4 heteroatoms. The summed E-state index contributed by atoms with van der Waals surface area (Å²) in [4.78, 5) is 14.2. The van der Waals surface area contributed by atoms with Crippen molar-refractivity contribution >= 4 is 5.91 Å². The van der Waals surface area contributed by atoms with Crippen molar-refractivity contribution < 1.29 is 4.79 Å². The van der Waals surface area contributed by atoms with Crippen molar-refractivity contribution in [2.24, 2.45) is 0 Å². The van der Waals surface area contributed by atoms with E-state index in [0.717, 1.165) is 31.6 Å². The summed E-state index contributed by atoms with van der Waals surface area (Å²) in [5.41, 5.74) is 3.63. The van der Waals surface area contributed by atoms with E-state index in [1.54, 1.807) is 6.20 Å². The van der Waals surface area contributed by atoms with E-state index in [-0.39, 0.29) is 5.91 Å². The number of aromatic nitrogens is 2. The number of amides is 1. The fraction of sp³-hybridized carbons (Fsp3) is 0.333. The molecule has 1 aromatic heterocycles. The van der Waals surface area contributed by atoms with Crippen LogP contribution in [0.1, 0.15) is 16.8 Å². The lowest BCUT2D eigenvalue weighted by atomic mass is 10.0. The Hall–Kier alpha value is -2.10. The number of benzene rings is 1. The molecule has 2 heterocycles. The van der Waals surface area contributed by atoms with Gasteiger partial charge in [0, 0.05) is 25.0 Å². The second-order valence-corrected chi connectivity index (χ2v) is 4.91. The van der Waals surface area contributed by atoms with E-state index in [2.05, 4.69) is 34.5 Å². The molecule has 19 heavy (non-hydrogen) atoms.